The van der Waals surface area contributed by atoms with Crippen LogP contribution in [0, 0.1) is 20.8 Å². The van der Waals surface area contributed by atoms with Gasteiger partial charge in [0.05, 0.1) is 5.52 Å². The molecule has 1 aromatic heterocycles. The van der Waals surface area contributed by atoms with E-state index in [4.69, 9.17) is 0 Å². The van der Waals surface area contributed by atoms with Crippen LogP contribution in [0.2, 0.25) is 0 Å². The monoisotopic (exact) mass is 263 g/mol. The summed E-state index contributed by atoms with van der Waals surface area (Å²) in [6.45, 7) is 6.27. The standard InChI is InChI=1S/C17H17N3/c1-11-7-8-15(9-13(11)3)19-17-18-10-14-6-4-5-12(2)16(14)20-17/h4-10H,1-3H3,(H,18,19,20). The van der Waals surface area contributed by atoms with Crippen molar-refractivity contribution < 1.29 is 0 Å². The van der Waals surface area contributed by atoms with Gasteiger partial charge in [0.25, 0.3) is 0 Å². The number of fused-ring (bicyclic) bond motifs is 1. The third-order valence-electron chi connectivity index (χ3n) is 3.58. The zero-order chi connectivity index (χ0) is 14.1. The first kappa shape index (κ1) is 12.6. The lowest BCUT2D eigenvalue weighted by Crippen LogP contribution is -1.98. The highest BCUT2D eigenvalue weighted by Gasteiger charge is 2.03. The Balaban J connectivity index is 1.98. The normalized spacial score (nSPS) is 10.8. The van der Waals surface area contributed by atoms with E-state index >= 15 is 0 Å². The van der Waals surface area contributed by atoms with E-state index < -0.39 is 0 Å². The number of rotatable bonds is 2. The SMILES string of the molecule is Cc1ccc(Nc2ncc3cccc(C)c3n2)cc1C. The smallest absolute Gasteiger partial charge is 0.227 e. The van der Waals surface area contributed by atoms with Gasteiger partial charge in [-0.2, -0.15) is 0 Å². The van der Waals surface area contributed by atoms with Crippen molar-refractivity contribution in [2.45, 2.75) is 20.8 Å². The van der Waals surface area contributed by atoms with Crippen molar-refractivity contribution in [3.8, 4) is 0 Å². The van der Waals surface area contributed by atoms with Gasteiger partial charge in [-0.15, -0.1) is 0 Å². The summed E-state index contributed by atoms with van der Waals surface area (Å²) in [5.41, 5.74) is 5.71. The molecule has 100 valence electrons. The Bertz CT molecular complexity index is 778. The summed E-state index contributed by atoms with van der Waals surface area (Å²) in [5.74, 6) is 0.634. The van der Waals surface area contributed by atoms with Crippen molar-refractivity contribution in [3.63, 3.8) is 0 Å². The average molecular weight is 263 g/mol. The average Bonchev–Trinajstić information content (AvgIpc) is 2.44. The Kier molecular flexibility index (Phi) is 3.11. The van der Waals surface area contributed by atoms with Gasteiger partial charge in [0.2, 0.25) is 5.95 Å². The van der Waals surface area contributed by atoms with E-state index in [9.17, 15) is 0 Å². The molecule has 0 fully saturated rings. The van der Waals surface area contributed by atoms with Crippen LogP contribution < -0.4 is 5.32 Å². The van der Waals surface area contributed by atoms with Crippen molar-refractivity contribution >= 4 is 22.5 Å². The van der Waals surface area contributed by atoms with E-state index in [-0.39, 0.29) is 0 Å². The van der Waals surface area contributed by atoms with Gasteiger partial charge >= 0.3 is 0 Å². The molecular formula is C17H17N3. The second-order valence-corrected chi connectivity index (χ2v) is 5.13. The van der Waals surface area contributed by atoms with Gasteiger partial charge in [-0.3, -0.25) is 0 Å². The molecule has 3 nitrogen and oxygen atoms in total. The van der Waals surface area contributed by atoms with Crippen molar-refractivity contribution in [3.05, 3.63) is 59.3 Å². The molecule has 0 atom stereocenters. The van der Waals surface area contributed by atoms with E-state index in [0.29, 0.717) is 5.95 Å². The minimum Gasteiger partial charge on any atom is -0.324 e. The second kappa shape index (κ2) is 4.93. The molecule has 0 spiro atoms. The van der Waals surface area contributed by atoms with Crippen molar-refractivity contribution in [2.24, 2.45) is 0 Å². The Hall–Kier alpha value is -2.42. The molecule has 0 aliphatic rings. The molecule has 0 aliphatic heterocycles. The zero-order valence-corrected chi connectivity index (χ0v) is 11.9. The topological polar surface area (TPSA) is 37.8 Å². The number of hydrogen-bond acceptors (Lipinski definition) is 3. The summed E-state index contributed by atoms with van der Waals surface area (Å²) in [6.07, 6.45) is 1.86. The molecule has 3 aromatic rings. The predicted molar refractivity (Wildman–Crippen MR) is 83.5 cm³/mol. The minimum absolute atomic E-state index is 0.634. The first-order chi connectivity index (χ1) is 9.63. The number of hydrogen-bond donors (Lipinski definition) is 1. The van der Waals surface area contributed by atoms with Crippen LogP contribution >= 0.6 is 0 Å². The summed E-state index contributed by atoms with van der Waals surface area (Å²) < 4.78 is 0. The molecule has 0 saturated heterocycles. The number of nitrogens with zero attached hydrogens (tertiary/aromatic N) is 2. The summed E-state index contributed by atoms with van der Waals surface area (Å²) in [6, 6.07) is 12.4. The number of aromatic nitrogens is 2. The van der Waals surface area contributed by atoms with Gasteiger partial charge in [-0.1, -0.05) is 24.3 Å². The van der Waals surface area contributed by atoms with E-state index in [0.717, 1.165) is 22.2 Å². The van der Waals surface area contributed by atoms with E-state index in [1.807, 2.05) is 24.4 Å². The van der Waals surface area contributed by atoms with Gasteiger partial charge in [0, 0.05) is 17.3 Å². The highest BCUT2D eigenvalue weighted by molar-refractivity contribution is 5.82. The molecule has 1 N–H and O–H groups in total. The highest BCUT2D eigenvalue weighted by atomic mass is 15.1. The Labute approximate surface area is 118 Å². The lowest BCUT2D eigenvalue weighted by Gasteiger charge is -2.08. The van der Waals surface area contributed by atoms with Crippen molar-refractivity contribution in [1.29, 1.82) is 0 Å². The molecule has 0 radical (unpaired) electrons. The Morgan fingerprint density at radius 1 is 0.900 bits per heavy atom. The van der Waals surface area contributed by atoms with Crippen LogP contribution in [0.4, 0.5) is 11.6 Å². The minimum atomic E-state index is 0.634. The molecular weight excluding hydrogens is 246 g/mol. The molecule has 0 aliphatic carbocycles. The Morgan fingerprint density at radius 2 is 1.75 bits per heavy atom. The zero-order valence-electron chi connectivity index (χ0n) is 11.9. The number of para-hydroxylation sites is 1. The maximum Gasteiger partial charge on any atom is 0.227 e. The molecule has 3 rings (SSSR count). The molecule has 0 amide bonds. The number of aryl methyl sites for hydroxylation is 3. The van der Waals surface area contributed by atoms with E-state index in [2.05, 4.69) is 54.3 Å². The van der Waals surface area contributed by atoms with Gasteiger partial charge in [0.1, 0.15) is 0 Å². The van der Waals surface area contributed by atoms with Crippen LogP contribution in [0.15, 0.2) is 42.6 Å². The Morgan fingerprint density at radius 3 is 2.55 bits per heavy atom. The number of benzene rings is 2. The fourth-order valence-corrected chi connectivity index (χ4v) is 2.21. The highest BCUT2D eigenvalue weighted by Crippen LogP contribution is 2.20. The van der Waals surface area contributed by atoms with Gasteiger partial charge in [-0.05, 0) is 49.6 Å². The third kappa shape index (κ3) is 2.35. The maximum atomic E-state index is 4.60. The lowest BCUT2D eigenvalue weighted by atomic mass is 10.1. The third-order valence-corrected chi connectivity index (χ3v) is 3.58. The first-order valence-corrected chi connectivity index (χ1v) is 6.70. The van der Waals surface area contributed by atoms with Gasteiger partial charge in [0.15, 0.2) is 0 Å². The molecule has 0 bridgehead atoms. The molecule has 1 heterocycles. The summed E-state index contributed by atoms with van der Waals surface area (Å²) in [5, 5.41) is 4.33. The second-order valence-electron chi connectivity index (χ2n) is 5.13. The van der Waals surface area contributed by atoms with Crippen LogP contribution in [0.3, 0.4) is 0 Å². The summed E-state index contributed by atoms with van der Waals surface area (Å²) >= 11 is 0. The summed E-state index contributed by atoms with van der Waals surface area (Å²) in [4.78, 5) is 8.97. The van der Waals surface area contributed by atoms with Crippen molar-refractivity contribution in [1.82, 2.24) is 9.97 Å². The van der Waals surface area contributed by atoms with Gasteiger partial charge in [-0.25, -0.2) is 9.97 Å². The first-order valence-electron chi connectivity index (χ1n) is 6.70. The van der Waals surface area contributed by atoms with Crippen LogP contribution in [0.25, 0.3) is 10.9 Å². The maximum absolute atomic E-state index is 4.60. The predicted octanol–water partition coefficient (Wildman–Crippen LogP) is 4.30. The molecule has 0 saturated carbocycles. The number of anilines is 2. The fourth-order valence-electron chi connectivity index (χ4n) is 2.21. The number of nitrogens with one attached hydrogen (secondary N) is 1. The van der Waals surface area contributed by atoms with Crippen molar-refractivity contribution in [2.75, 3.05) is 5.32 Å². The molecule has 0 unspecified atom stereocenters. The van der Waals surface area contributed by atoms with Crippen LogP contribution in [0.5, 0.6) is 0 Å². The lowest BCUT2D eigenvalue weighted by molar-refractivity contribution is 1.20. The molecule has 3 heteroatoms. The van der Waals surface area contributed by atoms with Crippen LogP contribution in [-0.2, 0) is 0 Å². The van der Waals surface area contributed by atoms with Gasteiger partial charge < -0.3 is 5.32 Å². The van der Waals surface area contributed by atoms with Crippen LogP contribution in [-0.4, -0.2) is 9.97 Å². The molecule has 2 aromatic carbocycles. The summed E-state index contributed by atoms with van der Waals surface area (Å²) in [7, 11) is 0. The van der Waals surface area contributed by atoms with Crippen LogP contribution in [0.1, 0.15) is 16.7 Å². The van der Waals surface area contributed by atoms with E-state index in [1.54, 1.807) is 0 Å². The molecule has 20 heavy (non-hydrogen) atoms. The quantitative estimate of drug-likeness (QED) is 0.749. The van der Waals surface area contributed by atoms with E-state index in [1.165, 1.54) is 11.1 Å². The largest absolute Gasteiger partial charge is 0.324 e. The fraction of sp³-hybridized carbons (Fsp3) is 0.176.